The predicted octanol–water partition coefficient (Wildman–Crippen LogP) is 4.58. The zero-order chi connectivity index (χ0) is 13.5. The number of carbonyl (C=O) groups is 1. The van der Waals surface area contributed by atoms with Crippen LogP contribution in [0.3, 0.4) is 0 Å². The van der Waals surface area contributed by atoms with E-state index in [0.717, 1.165) is 17.3 Å². The summed E-state index contributed by atoms with van der Waals surface area (Å²) in [5, 5.41) is 0.463. The summed E-state index contributed by atoms with van der Waals surface area (Å²) in [4.78, 5) is 14.1. The largest absolute Gasteiger partial charge is 0.337 e. The third-order valence-corrected chi connectivity index (χ3v) is 3.56. The van der Waals surface area contributed by atoms with Crippen LogP contribution in [0.2, 0.25) is 5.02 Å². The third kappa shape index (κ3) is 4.45. The smallest absolute Gasteiger partial charge is 0.255 e. The minimum Gasteiger partial charge on any atom is -0.337 e. The normalized spacial score (nSPS) is 10.4. The molecule has 18 heavy (non-hydrogen) atoms. The topological polar surface area (TPSA) is 20.3 Å². The highest BCUT2D eigenvalue weighted by atomic mass is 79.9. The molecule has 0 spiro atoms. The van der Waals surface area contributed by atoms with Crippen molar-refractivity contribution in [1.82, 2.24) is 4.90 Å². The van der Waals surface area contributed by atoms with Gasteiger partial charge in [-0.1, -0.05) is 40.9 Å². The highest BCUT2D eigenvalue weighted by molar-refractivity contribution is 9.10. The highest BCUT2D eigenvalue weighted by Crippen LogP contribution is 2.22. The molecule has 0 heterocycles. The quantitative estimate of drug-likeness (QED) is 0.686. The Bertz CT molecular complexity index is 412. The van der Waals surface area contributed by atoms with E-state index in [-0.39, 0.29) is 5.91 Å². The number of benzene rings is 1. The van der Waals surface area contributed by atoms with Gasteiger partial charge in [0.2, 0.25) is 0 Å². The molecule has 0 saturated carbocycles. The van der Waals surface area contributed by atoms with Crippen LogP contribution in [0.5, 0.6) is 0 Å². The first-order chi connectivity index (χ1) is 8.60. The molecule has 0 aliphatic rings. The molecule has 1 aromatic carbocycles. The second kappa shape index (κ2) is 8.03. The lowest BCUT2D eigenvalue weighted by Gasteiger charge is -2.22. The van der Waals surface area contributed by atoms with Gasteiger partial charge in [0.1, 0.15) is 0 Å². The predicted molar refractivity (Wildman–Crippen MR) is 80.7 cm³/mol. The second-order valence-electron chi connectivity index (χ2n) is 3.96. The SMILES string of the molecule is CCCCN(CCCl)C(=O)c1ccc(Br)cc1Cl. The Labute approximate surface area is 126 Å². The Balaban J connectivity index is 2.87. The molecule has 0 bridgehead atoms. The van der Waals surface area contributed by atoms with E-state index in [0.29, 0.717) is 29.6 Å². The monoisotopic (exact) mass is 351 g/mol. The molecule has 1 aromatic rings. The first-order valence-corrected chi connectivity index (χ1v) is 7.61. The Morgan fingerprint density at radius 3 is 2.67 bits per heavy atom. The van der Waals surface area contributed by atoms with Crippen LogP contribution >= 0.6 is 39.1 Å². The van der Waals surface area contributed by atoms with E-state index in [9.17, 15) is 4.79 Å². The molecular weight excluding hydrogens is 337 g/mol. The summed E-state index contributed by atoms with van der Waals surface area (Å²) < 4.78 is 0.863. The van der Waals surface area contributed by atoms with Crippen molar-refractivity contribution < 1.29 is 4.79 Å². The summed E-state index contributed by atoms with van der Waals surface area (Å²) in [6, 6.07) is 5.28. The summed E-state index contributed by atoms with van der Waals surface area (Å²) >= 11 is 15.2. The molecule has 0 radical (unpaired) electrons. The molecular formula is C13H16BrCl2NO. The maximum Gasteiger partial charge on any atom is 0.255 e. The first-order valence-electron chi connectivity index (χ1n) is 5.90. The molecule has 0 aromatic heterocycles. The van der Waals surface area contributed by atoms with Crippen molar-refractivity contribution in [3.05, 3.63) is 33.3 Å². The average Bonchev–Trinajstić information content (AvgIpc) is 2.33. The van der Waals surface area contributed by atoms with Crippen LogP contribution in [0.1, 0.15) is 30.1 Å². The molecule has 0 aliphatic carbocycles. The van der Waals surface area contributed by atoms with Gasteiger partial charge in [-0.25, -0.2) is 0 Å². The number of halogens is 3. The van der Waals surface area contributed by atoms with Crippen molar-refractivity contribution >= 4 is 45.0 Å². The number of unbranched alkanes of at least 4 members (excludes halogenated alkanes) is 1. The molecule has 5 heteroatoms. The van der Waals surface area contributed by atoms with Gasteiger partial charge in [-0.05, 0) is 24.6 Å². The van der Waals surface area contributed by atoms with Crippen LogP contribution in [-0.2, 0) is 0 Å². The molecule has 0 N–H and O–H groups in total. The molecule has 0 fully saturated rings. The van der Waals surface area contributed by atoms with E-state index in [1.807, 2.05) is 6.07 Å². The lowest BCUT2D eigenvalue weighted by atomic mass is 10.2. The van der Waals surface area contributed by atoms with Crippen molar-refractivity contribution in [2.24, 2.45) is 0 Å². The lowest BCUT2D eigenvalue weighted by Crippen LogP contribution is -2.33. The van der Waals surface area contributed by atoms with Gasteiger partial charge in [-0.15, -0.1) is 11.6 Å². The lowest BCUT2D eigenvalue weighted by molar-refractivity contribution is 0.0763. The molecule has 0 atom stereocenters. The molecule has 0 saturated heterocycles. The van der Waals surface area contributed by atoms with Gasteiger partial charge < -0.3 is 4.90 Å². The molecule has 100 valence electrons. The summed E-state index contributed by atoms with van der Waals surface area (Å²) in [7, 11) is 0. The number of nitrogens with zero attached hydrogens (tertiary/aromatic N) is 1. The van der Waals surface area contributed by atoms with Gasteiger partial charge in [0.15, 0.2) is 0 Å². The van der Waals surface area contributed by atoms with E-state index >= 15 is 0 Å². The van der Waals surface area contributed by atoms with Gasteiger partial charge in [-0.3, -0.25) is 4.79 Å². The van der Waals surface area contributed by atoms with Crippen molar-refractivity contribution in [1.29, 1.82) is 0 Å². The maximum absolute atomic E-state index is 12.3. The number of alkyl halides is 1. The number of hydrogen-bond donors (Lipinski definition) is 0. The zero-order valence-electron chi connectivity index (χ0n) is 10.3. The Kier molecular flexibility index (Phi) is 7.05. The van der Waals surface area contributed by atoms with Crippen LogP contribution in [0, 0.1) is 0 Å². The van der Waals surface area contributed by atoms with E-state index in [1.165, 1.54) is 0 Å². The summed E-state index contributed by atoms with van der Waals surface area (Å²) in [5.74, 6) is 0.380. The summed E-state index contributed by atoms with van der Waals surface area (Å²) in [6.45, 7) is 3.36. The summed E-state index contributed by atoms with van der Waals surface area (Å²) in [5.41, 5.74) is 0.529. The Hall–Kier alpha value is -0.250. The maximum atomic E-state index is 12.3. The fourth-order valence-electron chi connectivity index (χ4n) is 1.60. The Morgan fingerprint density at radius 1 is 1.39 bits per heavy atom. The molecule has 1 amide bonds. The van der Waals surface area contributed by atoms with E-state index in [4.69, 9.17) is 23.2 Å². The van der Waals surface area contributed by atoms with E-state index in [2.05, 4.69) is 22.9 Å². The van der Waals surface area contributed by atoms with Crippen LogP contribution in [-0.4, -0.2) is 29.8 Å². The van der Waals surface area contributed by atoms with Gasteiger partial charge in [0.25, 0.3) is 5.91 Å². The van der Waals surface area contributed by atoms with Crippen molar-refractivity contribution in [3.63, 3.8) is 0 Å². The number of rotatable bonds is 6. The Morgan fingerprint density at radius 2 is 2.11 bits per heavy atom. The van der Waals surface area contributed by atoms with Gasteiger partial charge >= 0.3 is 0 Å². The van der Waals surface area contributed by atoms with Gasteiger partial charge in [0.05, 0.1) is 10.6 Å². The van der Waals surface area contributed by atoms with Crippen molar-refractivity contribution in [3.8, 4) is 0 Å². The second-order valence-corrected chi connectivity index (χ2v) is 5.66. The number of amides is 1. The minimum absolute atomic E-state index is 0.0541. The highest BCUT2D eigenvalue weighted by Gasteiger charge is 2.17. The molecule has 1 rings (SSSR count). The standard InChI is InChI=1S/C13H16BrCl2NO/c1-2-3-7-17(8-6-15)13(18)11-5-4-10(14)9-12(11)16/h4-5,9H,2-3,6-8H2,1H3. The average molecular weight is 353 g/mol. The van der Waals surface area contributed by atoms with E-state index in [1.54, 1.807) is 17.0 Å². The molecule has 0 unspecified atom stereocenters. The molecule has 0 aliphatic heterocycles. The van der Waals surface area contributed by atoms with Crippen LogP contribution in [0.4, 0.5) is 0 Å². The van der Waals surface area contributed by atoms with Gasteiger partial charge in [-0.2, -0.15) is 0 Å². The van der Waals surface area contributed by atoms with Crippen molar-refractivity contribution in [2.45, 2.75) is 19.8 Å². The minimum atomic E-state index is -0.0541. The number of hydrogen-bond acceptors (Lipinski definition) is 1. The summed E-state index contributed by atoms with van der Waals surface area (Å²) in [6.07, 6.45) is 2.01. The van der Waals surface area contributed by atoms with Crippen molar-refractivity contribution in [2.75, 3.05) is 19.0 Å². The van der Waals surface area contributed by atoms with Crippen LogP contribution in [0.15, 0.2) is 22.7 Å². The zero-order valence-corrected chi connectivity index (χ0v) is 13.4. The molecule has 2 nitrogen and oxygen atoms in total. The van der Waals surface area contributed by atoms with Crippen LogP contribution < -0.4 is 0 Å². The first kappa shape index (κ1) is 15.8. The van der Waals surface area contributed by atoms with Crippen LogP contribution in [0.25, 0.3) is 0 Å². The number of carbonyl (C=O) groups excluding carboxylic acids is 1. The van der Waals surface area contributed by atoms with Gasteiger partial charge in [0, 0.05) is 23.4 Å². The fourth-order valence-corrected chi connectivity index (χ4v) is 2.56. The van der Waals surface area contributed by atoms with E-state index < -0.39 is 0 Å². The fraction of sp³-hybridized carbons (Fsp3) is 0.462. The third-order valence-electron chi connectivity index (χ3n) is 2.58.